The Balaban J connectivity index is 2.20. The van der Waals surface area contributed by atoms with Gasteiger partial charge in [-0.1, -0.05) is 0 Å². The van der Waals surface area contributed by atoms with Crippen molar-refractivity contribution in [2.45, 2.75) is 13.5 Å². The second-order valence-corrected chi connectivity index (χ2v) is 4.56. The number of aromatic nitrogens is 1. The number of phenolic OH excluding ortho intramolecular Hbond substituents is 1. The summed E-state index contributed by atoms with van der Waals surface area (Å²) in [7, 11) is 1.51. The molecule has 0 unspecified atom stereocenters. The second kappa shape index (κ2) is 6.74. The van der Waals surface area contributed by atoms with Crippen LogP contribution >= 0.6 is 0 Å². The van der Waals surface area contributed by atoms with Gasteiger partial charge in [-0.3, -0.25) is 9.78 Å². The largest absolute Gasteiger partial charge is 0.507 e. The predicted octanol–water partition coefficient (Wildman–Crippen LogP) is 2.46. The summed E-state index contributed by atoms with van der Waals surface area (Å²) < 4.78 is 5.02. The summed E-state index contributed by atoms with van der Waals surface area (Å²) in [5.74, 6) is 0.225. The van der Waals surface area contributed by atoms with Gasteiger partial charge in [-0.15, -0.1) is 0 Å². The van der Waals surface area contributed by atoms with E-state index in [1.54, 1.807) is 29.4 Å². The van der Waals surface area contributed by atoms with Gasteiger partial charge in [-0.05, 0) is 36.8 Å². The number of benzene rings is 1. The van der Waals surface area contributed by atoms with Crippen molar-refractivity contribution < 1.29 is 14.6 Å². The lowest BCUT2D eigenvalue weighted by molar-refractivity contribution is 0.0749. The van der Waals surface area contributed by atoms with Crippen LogP contribution in [0.3, 0.4) is 0 Å². The molecule has 1 N–H and O–H groups in total. The number of nitrogens with zero attached hydrogens (tertiary/aromatic N) is 2. The van der Waals surface area contributed by atoms with Gasteiger partial charge in [0.05, 0.1) is 12.7 Å². The zero-order chi connectivity index (χ0) is 15.2. The van der Waals surface area contributed by atoms with Crippen LogP contribution in [-0.2, 0) is 6.54 Å². The van der Waals surface area contributed by atoms with Crippen molar-refractivity contribution >= 4 is 5.91 Å². The average Bonchev–Trinajstić information content (AvgIpc) is 2.52. The zero-order valence-corrected chi connectivity index (χ0v) is 12.1. The van der Waals surface area contributed by atoms with Crippen LogP contribution in [0.4, 0.5) is 0 Å². The molecule has 0 aliphatic carbocycles. The van der Waals surface area contributed by atoms with Gasteiger partial charge in [-0.2, -0.15) is 0 Å². The van der Waals surface area contributed by atoms with Gasteiger partial charge in [0.1, 0.15) is 11.5 Å². The van der Waals surface area contributed by atoms with E-state index >= 15 is 0 Å². The maximum absolute atomic E-state index is 12.5. The predicted molar refractivity (Wildman–Crippen MR) is 79.3 cm³/mol. The molecule has 21 heavy (non-hydrogen) atoms. The van der Waals surface area contributed by atoms with Gasteiger partial charge in [0.15, 0.2) is 0 Å². The summed E-state index contributed by atoms with van der Waals surface area (Å²) in [6.07, 6.45) is 3.39. The van der Waals surface area contributed by atoms with E-state index in [4.69, 9.17) is 4.74 Å². The fraction of sp³-hybridized carbons (Fsp3) is 0.250. The van der Waals surface area contributed by atoms with Crippen LogP contribution in [0.25, 0.3) is 0 Å². The Morgan fingerprint density at radius 1 is 1.29 bits per heavy atom. The van der Waals surface area contributed by atoms with Crippen LogP contribution in [0.1, 0.15) is 22.8 Å². The third-order valence-electron chi connectivity index (χ3n) is 3.23. The highest BCUT2D eigenvalue weighted by molar-refractivity contribution is 5.97. The Bertz CT molecular complexity index is 614. The van der Waals surface area contributed by atoms with Crippen molar-refractivity contribution in [1.29, 1.82) is 0 Å². The fourth-order valence-electron chi connectivity index (χ4n) is 2.03. The van der Waals surface area contributed by atoms with Gasteiger partial charge < -0.3 is 14.7 Å². The minimum absolute atomic E-state index is 0.0764. The quantitative estimate of drug-likeness (QED) is 0.917. The van der Waals surface area contributed by atoms with E-state index in [1.165, 1.54) is 13.2 Å². The molecule has 5 nitrogen and oxygen atoms in total. The summed E-state index contributed by atoms with van der Waals surface area (Å²) >= 11 is 0. The van der Waals surface area contributed by atoms with Crippen molar-refractivity contribution in [2.24, 2.45) is 0 Å². The number of aromatic hydroxyl groups is 1. The van der Waals surface area contributed by atoms with Crippen LogP contribution in [0.15, 0.2) is 42.7 Å². The first-order valence-corrected chi connectivity index (χ1v) is 6.71. The van der Waals surface area contributed by atoms with Crippen LogP contribution in [-0.4, -0.2) is 34.6 Å². The highest BCUT2D eigenvalue weighted by Crippen LogP contribution is 2.25. The van der Waals surface area contributed by atoms with E-state index in [0.29, 0.717) is 18.8 Å². The van der Waals surface area contributed by atoms with Gasteiger partial charge in [0, 0.05) is 31.5 Å². The molecule has 0 fully saturated rings. The third kappa shape index (κ3) is 3.51. The van der Waals surface area contributed by atoms with E-state index in [0.717, 1.165) is 5.56 Å². The lowest BCUT2D eigenvalue weighted by atomic mass is 10.1. The molecule has 5 heteroatoms. The molecule has 0 aliphatic heterocycles. The summed E-state index contributed by atoms with van der Waals surface area (Å²) in [4.78, 5) is 18.1. The molecule has 2 aromatic rings. The van der Waals surface area contributed by atoms with Crippen LogP contribution in [0.2, 0.25) is 0 Å². The molecule has 110 valence electrons. The van der Waals surface area contributed by atoms with Gasteiger partial charge >= 0.3 is 0 Å². The van der Waals surface area contributed by atoms with E-state index in [-0.39, 0.29) is 17.2 Å². The minimum Gasteiger partial charge on any atom is -0.507 e. The molecule has 1 amide bonds. The van der Waals surface area contributed by atoms with Crippen molar-refractivity contribution in [1.82, 2.24) is 9.88 Å². The average molecular weight is 286 g/mol. The molecule has 0 bridgehead atoms. The zero-order valence-electron chi connectivity index (χ0n) is 12.1. The Morgan fingerprint density at radius 3 is 2.57 bits per heavy atom. The van der Waals surface area contributed by atoms with Crippen LogP contribution in [0, 0.1) is 0 Å². The highest BCUT2D eigenvalue weighted by Gasteiger charge is 2.18. The number of rotatable bonds is 5. The summed E-state index contributed by atoms with van der Waals surface area (Å²) in [5, 5.41) is 9.97. The number of pyridine rings is 1. The number of amides is 1. The number of carbonyl (C=O) groups is 1. The first-order chi connectivity index (χ1) is 10.2. The second-order valence-electron chi connectivity index (χ2n) is 4.56. The van der Waals surface area contributed by atoms with Crippen LogP contribution in [0.5, 0.6) is 11.5 Å². The van der Waals surface area contributed by atoms with Gasteiger partial charge in [-0.25, -0.2) is 0 Å². The molecular weight excluding hydrogens is 268 g/mol. The molecular formula is C16H18N2O3. The topological polar surface area (TPSA) is 62.7 Å². The highest BCUT2D eigenvalue weighted by atomic mass is 16.5. The normalized spacial score (nSPS) is 10.2. The van der Waals surface area contributed by atoms with Crippen molar-refractivity contribution in [3.8, 4) is 11.5 Å². The third-order valence-corrected chi connectivity index (χ3v) is 3.23. The van der Waals surface area contributed by atoms with Crippen molar-refractivity contribution in [3.63, 3.8) is 0 Å². The molecule has 1 aromatic carbocycles. The monoisotopic (exact) mass is 286 g/mol. The van der Waals surface area contributed by atoms with Gasteiger partial charge in [0.2, 0.25) is 0 Å². The van der Waals surface area contributed by atoms with Crippen LogP contribution < -0.4 is 4.74 Å². The number of ether oxygens (including phenoxy) is 1. The lowest BCUT2D eigenvalue weighted by Crippen LogP contribution is -2.30. The number of carbonyl (C=O) groups excluding carboxylic acids is 1. The Morgan fingerprint density at radius 2 is 2.00 bits per heavy atom. The Kier molecular flexibility index (Phi) is 4.77. The SMILES string of the molecule is CCN(Cc1ccncc1)C(=O)c1ccc(OC)cc1O. The Labute approximate surface area is 123 Å². The summed E-state index contributed by atoms with van der Waals surface area (Å²) in [6.45, 7) is 2.93. The molecule has 0 spiro atoms. The number of phenols is 1. The number of methoxy groups -OCH3 is 1. The molecule has 0 atom stereocenters. The standard InChI is InChI=1S/C16H18N2O3/c1-3-18(11-12-6-8-17-9-7-12)16(20)14-5-4-13(21-2)10-15(14)19/h4-10,19H,3,11H2,1-2H3. The van der Waals surface area contributed by atoms with E-state index in [1.807, 2.05) is 19.1 Å². The molecule has 1 heterocycles. The first kappa shape index (κ1) is 14.8. The van der Waals surface area contributed by atoms with Crippen molar-refractivity contribution in [3.05, 3.63) is 53.9 Å². The molecule has 1 aromatic heterocycles. The smallest absolute Gasteiger partial charge is 0.257 e. The molecule has 0 saturated heterocycles. The number of hydrogen-bond donors (Lipinski definition) is 1. The fourth-order valence-corrected chi connectivity index (χ4v) is 2.03. The molecule has 0 saturated carbocycles. The lowest BCUT2D eigenvalue weighted by Gasteiger charge is -2.21. The first-order valence-electron chi connectivity index (χ1n) is 6.71. The molecule has 0 aliphatic rings. The maximum atomic E-state index is 12.5. The van der Waals surface area contributed by atoms with E-state index in [2.05, 4.69) is 4.98 Å². The molecule has 2 rings (SSSR count). The number of hydrogen-bond acceptors (Lipinski definition) is 4. The van der Waals surface area contributed by atoms with Crippen molar-refractivity contribution in [2.75, 3.05) is 13.7 Å². The van der Waals surface area contributed by atoms with Gasteiger partial charge in [0.25, 0.3) is 5.91 Å². The Hall–Kier alpha value is -2.56. The van der Waals surface area contributed by atoms with E-state index < -0.39 is 0 Å². The van der Waals surface area contributed by atoms with E-state index in [9.17, 15) is 9.90 Å². The minimum atomic E-state index is -0.213. The summed E-state index contributed by atoms with van der Waals surface area (Å²) in [5.41, 5.74) is 1.26. The summed E-state index contributed by atoms with van der Waals surface area (Å²) in [6, 6.07) is 8.40. The maximum Gasteiger partial charge on any atom is 0.257 e. The molecule has 0 radical (unpaired) electrons.